The van der Waals surface area contributed by atoms with Crippen LogP contribution in [0.4, 0.5) is 0 Å². The monoisotopic (exact) mass is 243 g/mol. The van der Waals surface area contributed by atoms with Crippen LogP contribution in [0.25, 0.3) is 0 Å². The average molecular weight is 244 g/mol. The van der Waals surface area contributed by atoms with Crippen molar-refractivity contribution in [3.8, 4) is 0 Å². The summed E-state index contributed by atoms with van der Waals surface area (Å²) >= 11 is 4.16. The number of halogens is 1. The molecule has 0 aliphatic heterocycles. The molecule has 0 spiro atoms. The first-order chi connectivity index (χ1) is 5.77. The topological polar surface area (TPSA) is 43.1 Å². The average Bonchev–Trinajstić information content (AvgIpc) is 2.17. The highest BCUT2D eigenvalue weighted by Gasteiger charge is 2.01. The highest BCUT2D eigenvalue weighted by molar-refractivity contribution is 9.09. The van der Waals surface area contributed by atoms with E-state index in [1.807, 2.05) is 0 Å². The van der Waals surface area contributed by atoms with Gasteiger partial charge in [-0.05, 0) is 24.1 Å². The van der Waals surface area contributed by atoms with Crippen LogP contribution in [0.3, 0.4) is 0 Å². The van der Waals surface area contributed by atoms with Gasteiger partial charge in [0.05, 0.1) is 15.8 Å². The minimum atomic E-state index is -0.000165. The first-order valence-electron chi connectivity index (χ1n) is 3.18. The van der Waals surface area contributed by atoms with Crippen molar-refractivity contribution in [2.45, 2.75) is 4.90 Å². The van der Waals surface area contributed by atoms with Gasteiger partial charge in [-0.2, -0.15) is 0 Å². The minimum Gasteiger partial charge on any atom is -0.293 e. The van der Waals surface area contributed by atoms with E-state index in [2.05, 4.69) is 28.1 Å². The number of hydrogen-bond donors (Lipinski definition) is 1. The number of Topliss-reactive ketones (excluding diaryl/α,β-unsaturated/α-hetero) is 1. The van der Waals surface area contributed by atoms with Gasteiger partial charge in [0.25, 0.3) is 0 Å². The van der Waals surface area contributed by atoms with Crippen molar-refractivity contribution in [1.82, 2.24) is 0 Å². The lowest BCUT2D eigenvalue weighted by Crippen LogP contribution is -1.98. The highest BCUT2D eigenvalue weighted by atomic mass is 79.9. The molecule has 0 fully saturated rings. The maximum Gasteiger partial charge on any atom is 0.181 e. The zero-order valence-corrected chi connectivity index (χ0v) is 8.54. The van der Waals surface area contributed by atoms with E-state index in [4.69, 9.17) is 5.14 Å². The predicted molar refractivity (Wildman–Crippen MR) is 52.3 cm³/mol. The molecular weight excluding hydrogens is 238 g/mol. The van der Waals surface area contributed by atoms with Gasteiger partial charge >= 0.3 is 0 Å². The summed E-state index contributed by atoms with van der Waals surface area (Å²) in [6, 6.07) is 8.94. The van der Waals surface area contributed by atoms with Crippen LogP contribution in [0.15, 0.2) is 17.0 Å². The first kappa shape index (κ1) is 9.59. The van der Waals surface area contributed by atoms with Crippen LogP contribution in [0.2, 0.25) is 0 Å². The number of rotatable bonds is 3. The molecule has 0 amide bonds. The standard InChI is InChI=1S/C8H6BrNOS/c9-5-8(11)6-1-3-7(12-10)4-2-6/h1,3H,5,10H2. The summed E-state index contributed by atoms with van der Waals surface area (Å²) in [6.07, 6.45) is 0. The Bertz CT molecular complexity index is 273. The summed E-state index contributed by atoms with van der Waals surface area (Å²) in [5.41, 5.74) is 0.532. The first-order valence-corrected chi connectivity index (χ1v) is 5.18. The molecular formula is C8H6BrNOS. The van der Waals surface area contributed by atoms with Gasteiger partial charge in [0, 0.05) is 0 Å². The molecule has 2 N–H and O–H groups in total. The van der Waals surface area contributed by atoms with Crippen LogP contribution in [0.5, 0.6) is 0 Å². The molecule has 0 saturated carbocycles. The number of alkyl halides is 1. The third-order valence-corrected chi connectivity index (χ3v) is 2.27. The SMILES string of the molecule is NSc1c#cc(C(=O)CBr)cc1. The maximum atomic E-state index is 11.1. The molecule has 1 aromatic carbocycles. The summed E-state index contributed by atoms with van der Waals surface area (Å²) in [7, 11) is 0. The summed E-state index contributed by atoms with van der Waals surface area (Å²) in [5.74, 6) is -0.000165. The van der Waals surface area contributed by atoms with Gasteiger partial charge in [0.15, 0.2) is 5.78 Å². The van der Waals surface area contributed by atoms with Crippen LogP contribution in [-0.4, -0.2) is 11.1 Å². The van der Waals surface area contributed by atoms with Gasteiger partial charge in [-0.1, -0.05) is 28.1 Å². The summed E-state index contributed by atoms with van der Waals surface area (Å²) in [6.45, 7) is 0. The van der Waals surface area contributed by atoms with Crippen molar-refractivity contribution >= 4 is 33.7 Å². The molecule has 0 heterocycles. The fourth-order valence-electron chi connectivity index (χ4n) is 0.675. The molecule has 62 valence electrons. The Balaban J connectivity index is 2.84. The van der Waals surface area contributed by atoms with Crippen LogP contribution in [0, 0.1) is 12.1 Å². The minimum absolute atomic E-state index is 0.000165. The zero-order chi connectivity index (χ0) is 8.97. The van der Waals surface area contributed by atoms with Gasteiger partial charge in [0.1, 0.15) is 0 Å². The summed E-state index contributed by atoms with van der Waals surface area (Å²) in [4.78, 5) is 11.9. The molecule has 0 aliphatic carbocycles. The third kappa shape index (κ3) is 2.24. The second-order valence-electron chi connectivity index (χ2n) is 2.04. The summed E-state index contributed by atoms with van der Waals surface area (Å²) in [5, 5.41) is 5.59. The van der Waals surface area contributed by atoms with Crippen molar-refractivity contribution in [3.05, 3.63) is 29.8 Å². The van der Waals surface area contributed by atoms with Crippen molar-refractivity contribution in [2.24, 2.45) is 5.14 Å². The quantitative estimate of drug-likeness (QED) is 0.501. The Hall–Kier alpha value is -0.500. The zero-order valence-electron chi connectivity index (χ0n) is 6.13. The van der Waals surface area contributed by atoms with E-state index in [0.717, 1.165) is 16.8 Å². The largest absolute Gasteiger partial charge is 0.293 e. The fourth-order valence-corrected chi connectivity index (χ4v) is 1.23. The van der Waals surface area contributed by atoms with E-state index >= 15 is 0 Å². The molecule has 0 aliphatic rings. The van der Waals surface area contributed by atoms with Gasteiger partial charge < -0.3 is 0 Å². The van der Waals surface area contributed by atoms with Gasteiger partial charge in [-0.15, -0.1) is 0 Å². The molecule has 1 aromatic rings. The Morgan fingerprint density at radius 3 is 2.75 bits per heavy atom. The molecule has 12 heavy (non-hydrogen) atoms. The van der Waals surface area contributed by atoms with Crippen molar-refractivity contribution in [1.29, 1.82) is 0 Å². The second kappa shape index (κ2) is 4.51. The Morgan fingerprint density at radius 1 is 1.58 bits per heavy atom. The van der Waals surface area contributed by atoms with E-state index in [1.54, 1.807) is 12.1 Å². The van der Waals surface area contributed by atoms with Crippen molar-refractivity contribution in [2.75, 3.05) is 5.33 Å². The number of carbonyl (C=O) groups excluding carboxylic acids is 1. The molecule has 4 heteroatoms. The van der Waals surface area contributed by atoms with E-state index in [0.29, 0.717) is 10.9 Å². The second-order valence-corrected chi connectivity index (χ2v) is 3.27. The van der Waals surface area contributed by atoms with Crippen molar-refractivity contribution in [3.63, 3.8) is 0 Å². The number of hydrogen-bond acceptors (Lipinski definition) is 3. The Morgan fingerprint density at radius 2 is 2.33 bits per heavy atom. The molecule has 0 unspecified atom stereocenters. The third-order valence-electron chi connectivity index (χ3n) is 1.27. The molecule has 0 saturated heterocycles. The van der Waals surface area contributed by atoms with E-state index in [9.17, 15) is 4.79 Å². The van der Waals surface area contributed by atoms with E-state index in [-0.39, 0.29) is 5.78 Å². The van der Waals surface area contributed by atoms with Gasteiger partial charge in [-0.3, -0.25) is 9.93 Å². The lowest BCUT2D eigenvalue weighted by atomic mass is 10.2. The van der Waals surface area contributed by atoms with E-state index < -0.39 is 0 Å². The number of carbonyl (C=O) groups is 1. The summed E-state index contributed by atoms with van der Waals surface area (Å²) < 4.78 is 0. The predicted octanol–water partition coefficient (Wildman–Crippen LogP) is 1.83. The number of ketones is 1. The van der Waals surface area contributed by atoms with Gasteiger partial charge in [0.2, 0.25) is 0 Å². The molecule has 0 aromatic heterocycles. The highest BCUT2D eigenvalue weighted by Crippen LogP contribution is 2.08. The van der Waals surface area contributed by atoms with Crippen LogP contribution in [0.1, 0.15) is 10.4 Å². The smallest absolute Gasteiger partial charge is 0.181 e. The van der Waals surface area contributed by atoms with Crippen LogP contribution >= 0.6 is 27.9 Å². The molecule has 0 atom stereocenters. The van der Waals surface area contributed by atoms with Crippen LogP contribution in [-0.2, 0) is 0 Å². The lowest BCUT2D eigenvalue weighted by molar-refractivity contribution is 0.102. The molecule has 0 radical (unpaired) electrons. The number of nitrogens with two attached hydrogens (primary N) is 1. The normalized spacial score (nSPS) is 9.17. The van der Waals surface area contributed by atoms with Crippen molar-refractivity contribution < 1.29 is 4.79 Å². The lowest BCUT2D eigenvalue weighted by Gasteiger charge is -1.92. The van der Waals surface area contributed by atoms with Crippen LogP contribution < -0.4 is 5.14 Å². The van der Waals surface area contributed by atoms with E-state index in [1.165, 1.54) is 0 Å². The van der Waals surface area contributed by atoms with Gasteiger partial charge in [-0.25, -0.2) is 0 Å². The Labute approximate surface area is 83.8 Å². The maximum absolute atomic E-state index is 11.1. The molecule has 0 bridgehead atoms. The molecule has 1 rings (SSSR count). The Kier molecular flexibility index (Phi) is 3.60. The fraction of sp³-hybridized carbons (Fsp3) is 0.125. The molecule has 2 nitrogen and oxygen atoms in total.